The van der Waals surface area contributed by atoms with Crippen LogP contribution in [0.15, 0.2) is 60.7 Å². The Morgan fingerprint density at radius 3 is 2.49 bits per heavy atom. The lowest BCUT2D eigenvalue weighted by atomic mass is 9.92. The van der Waals surface area contributed by atoms with Gasteiger partial charge in [-0.05, 0) is 60.9 Å². The number of ether oxygens (including phenoxy) is 2. The fourth-order valence-electron chi connectivity index (χ4n) is 4.79. The molecule has 0 fully saturated rings. The first-order chi connectivity index (χ1) is 18.9. The average Bonchev–Trinajstić information content (AvgIpc) is 2.93. The number of para-hydroxylation sites is 1. The van der Waals surface area contributed by atoms with Gasteiger partial charge in [-0.25, -0.2) is 0 Å². The highest BCUT2D eigenvalue weighted by Crippen LogP contribution is 2.20. The lowest BCUT2D eigenvalue weighted by molar-refractivity contribution is -0.131. The van der Waals surface area contributed by atoms with E-state index in [1.165, 1.54) is 0 Å². The van der Waals surface area contributed by atoms with E-state index in [0.29, 0.717) is 26.1 Å². The summed E-state index contributed by atoms with van der Waals surface area (Å²) in [7, 11) is 1.66. The molecule has 7 heteroatoms. The van der Waals surface area contributed by atoms with E-state index in [0.717, 1.165) is 48.3 Å². The number of rotatable bonds is 6. The third kappa shape index (κ3) is 9.74. The van der Waals surface area contributed by atoms with E-state index in [-0.39, 0.29) is 29.7 Å². The summed E-state index contributed by atoms with van der Waals surface area (Å²) in [4.78, 5) is 26.3. The summed E-state index contributed by atoms with van der Waals surface area (Å²) in [5, 5.41) is 9.67. The fraction of sp³-hybridized carbons (Fsp3) is 0.500. The molecule has 0 aromatic heterocycles. The highest BCUT2D eigenvalue weighted by Gasteiger charge is 2.26. The first-order valence-corrected chi connectivity index (χ1v) is 14.2. The molecule has 3 atom stereocenters. The number of carbonyl (C=O) groups is 2. The quantitative estimate of drug-likeness (QED) is 0.476. The molecule has 39 heavy (non-hydrogen) atoms. The van der Waals surface area contributed by atoms with Crippen LogP contribution in [0.25, 0.3) is 0 Å². The summed E-state index contributed by atoms with van der Waals surface area (Å²) < 4.78 is 11.5. The molecule has 0 bridgehead atoms. The SMILES string of the molecule is CCC[C@@H]1NC(=O)C(C(C)C)C=C[C@@H](Cc2ccc(OC)cc2)NCCOc2ccccc2CCCNC1=O. The van der Waals surface area contributed by atoms with Crippen molar-refractivity contribution < 1.29 is 19.1 Å². The second-order valence-electron chi connectivity index (χ2n) is 10.5. The van der Waals surface area contributed by atoms with Gasteiger partial charge < -0.3 is 25.4 Å². The third-order valence-electron chi connectivity index (χ3n) is 7.06. The number of aryl methyl sites for hydroxylation is 1. The predicted octanol–water partition coefficient (Wildman–Crippen LogP) is 4.45. The second kappa shape index (κ2) is 15.9. The number of nitrogens with one attached hydrogen (secondary N) is 3. The molecule has 7 nitrogen and oxygen atoms in total. The van der Waals surface area contributed by atoms with Gasteiger partial charge in [-0.2, -0.15) is 0 Å². The molecule has 1 aliphatic rings. The zero-order valence-corrected chi connectivity index (χ0v) is 23.9. The lowest BCUT2D eigenvalue weighted by Crippen LogP contribution is -2.49. The van der Waals surface area contributed by atoms with Gasteiger partial charge in [0.15, 0.2) is 0 Å². The molecule has 0 saturated heterocycles. The molecule has 0 saturated carbocycles. The van der Waals surface area contributed by atoms with Crippen molar-refractivity contribution in [2.45, 2.75) is 65.0 Å². The van der Waals surface area contributed by atoms with E-state index in [1.807, 2.05) is 57.2 Å². The van der Waals surface area contributed by atoms with Crippen molar-refractivity contribution in [1.29, 1.82) is 0 Å². The number of amides is 2. The minimum absolute atomic E-state index is 0.0000837. The molecule has 0 spiro atoms. The summed E-state index contributed by atoms with van der Waals surface area (Å²) in [5.41, 5.74) is 2.29. The van der Waals surface area contributed by atoms with Crippen molar-refractivity contribution in [1.82, 2.24) is 16.0 Å². The van der Waals surface area contributed by atoms with Gasteiger partial charge in [-0.15, -0.1) is 0 Å². The largest absolute Gasteiger partial charge is 0.497 e. The zero-order chi connectivity index (χ0) is 28.0. The van der Waals surface area contributed by atoms with Crippen LogP contribution < -0.4 is 25.4 Å². The Morgan fingerprint density at radius 2 is 1.77 bits per heavy atom. The number of fused-ring (bicyclic) bond motifs is 1. The number of benzene rings is 2. The standard InChI is InChI=1S/C32H45N3O4/c1-5-9-29-32(37)34-19-8-11-25-10-6-7-12-30(25)39-21-20-33-26(15-18-28(23(2)3)31(36)35-29)22-24-13-16-27(38-4)17-14-24/h6-7,10,12-18,23,26,28-29,33H,5,8-9,11,19-22H2,1-4H3,(H,34,37)(H,35,36)/t26-,28?,29-/m0/s1. The van der Waals surface area contributed by atoms with Crippen LogP contribution in [-0.4, -0.2) is 50.7 Å². The van der Waals surface area contributed by atoms with Gasteiger partial charge in [0.25, 0.3) is 0 Å². The van der Waals surface area contributed by atoms with Crippen molar-refractivity contribution >= 4 is 11.8 Å². The van der Waals surface area contributed by atoms with E-state index in [2.05, 4.69) is 40.2 Å². The summed E-state index contributed by atoms with van der Waals surface area (Å²) in [5.74, 6) is 1.20. The molecule has 2 aromatic rings. The van der Waals surface area contributed by atoms with Crippen LogP contribution in [0.1, 0.15) is 51.2 Å². The van der Waals surface area contributed by atoms with Gasteiger partial charge in [0, 0.05) is 19.1 Å². The van der Waals surface area contributed by atoms with E-state index >= 15 is 0 Å². The summed E-state index contributed by atoms with van der Waals surface area (Å²) in [6.07, 6.45) is 7.82. The van der Waals surface area contributed by atoms with E-state index < -0.39 is 6.04 Å². The van der Waals surface area contributed by atoms with Crippen molar-refractivity contribution in [3.8, 4) is 11.5 Å². The molecule has 2 aromatic carbocycles. The molecule has 212 valence electrons. The van der Waals surface area contributed by atoms with Crippen LogP contribution in [0.5, 0.6) is 11.5 Å². The highest BCUT2D eigenvalue weighted by atomic mass is 16.5. The maximum atomic E-state index is 13.4. The molecule has 2 amide bonds. The van der Waals surface area contributed by atoms with Crippen molar-refractivity contribution in [2.75, 3.05) is 26.8 Å². The van der Waals surface area contributed by atoms with Gasteiger partial charge in [-0.1, -0.05) is 69.7 Å². The molecular weight excluding hydrogens is 490 g/mol. The number of carbonyl (C=O) groups excluding carboxylic acids is 2. The van der Waals surface area contributed by atoms with Crippen molar-refractivity contribution in [3.63, 3.8) is 0 Å². The third-order valence-corrected chi connectivity index (χ3v) is 7.06. The Hall–Kier alpha value is -3.32. The van der Waals surface area contributed by atoms with E-state index in [4.69, 9.17) is 9.47 Å². The van der Waals surface area contributed by atoms with Gasteiger partial charge in [0.2, 0.25) is 11.8 Å². The predicted molar refractivity (Wildman–Crippen MR) is 156 cm³/mol. The molecule has 0 radical (unpaired) electrons. The van der Waals surface area contributed by atoms with Crippen molar-refractivity contribution in [2.24, 2.45) is 11.8 Å². The van der Waals surface area contributed by atoms with Crippen LogP contribution in [0.4, 0.5) is 0 Å². The van der Waals surface area contributed by atoms with Crippen LogP contribution in [0.2, 0.25) is 0 Å². The summed E-state index contributed by atoms with van der Waals surface area (Å²) in [6.45, 7) is 7.82. The molecular formula is C32H45N3O4. The molecule has 1 aliphatic heterocycles. The van der Waals surface area contributed by atoms with Crippen LogP contribution in [-0.2, 0) is 22.4 Å². The van der Waals surface area contributed by atoms with Crippen LogP contribution in [0, 0.1) is 11.8 Å². The van der Waals surface area contributed by atoms with Gasteiger partial charge in [-0.3, -0.25) is 9.59 Å². The summed E-state index contributed by atoms with van der Waals surface area (Å²) in [6, 6.07) is 15.6. The molecule has 3 N–H and O–H groups in total. The molecule has 3 rings (SSSR count). The maximum absolute atomic E-state index is 13.4. The zero-order valence-electron chi connectivity index (χ0n) is 23.9. The first kappa shape index (κ1) is 30.2. The Kier molecular flexibility index (Phi) is 12.4. The average molecular weight is 536 g/mol. The molecule has 1 unspecified atom stereocenters. The van der Waals surface area contributed by atoms with Gasteiger partial charge in [0.1, 0.15) is 24.1 Å². The minimum atomic E-state index is -0.542. The topological polar surface area (TPSA) is 88.7 Å². The van der Waals surface area contributed by atoms with E-state index in [9.17, 15) is 9.59 Å². The number of methoxy groups -OCH3 is 1. The molecule has 0 aliphatic carbocycles. The van der Waals surface area contributed by atoms with E-state index in [1.54, 1.807) is 7.11 Å². The monoisotopic (exact) mass is 535 g/mol. The summed E-state index contributed by atoms with van der Waals surface area (Å²) >= 11 is 0. The minimum Gasteiger partial charge on any atom is -0.497 e. The van der Waals surface area contributed by atoms with Gasteiger partial charge in [0.05, 0.1) is 13.0 Å². The Balaban J connectivity index is 1.84. The first-order valence-electron chi connectivity index (χ1n) is 14.2. The lowest BCUT2D eigenvalue weighted by Gasteiger charge is -2.24. The number of hydrogen-bond donors (Lipinski definition) is 3. The Bertz CT molecular complexity index is 1070. The normalized spacial score (nSPS) is 21.6. The second-order valence-corrected chi connectivity index (χ2v) is 10.5. The Labute approximate surface area is 233 Å². The Morgan fingerprint density at radius 1 is 1.00 bits per heavy atom. The smallest absolute Gasteiger partial charge is 0.242 e. The number of hydrogen-bond acceptors (Lipinski definition) is 5. The molecule has 1 heterocycles. The maximum Gasteiger partial charge on any atom is 0.242 e. The van der Waals surface area contributed by atoms with Crippen LogP contribution in [0.3, 0.4) is 0 Å². The van der Waals surface area contributed by atoms with Gasteiger partial charge >= 0.3 is 0 Å². The van der Waals surface area contributed by atoms with Crippen LogP contribution >= 0.6 is 0 Å². The highest BCUT2D eigenvalue weighted by molar-refractivity contribution is 5.89. The fourth-order valence-corrected chi connectivity index (χ4v) is 4.79. The van der Waals surface area contributed by atoms with Crippen molar-refractivity contribution in [3.05, 3.63) is 71.8 Å².